The normalized spacial score (nSPS) is 20.7. The number of carbonyl (C=O) groups excluding carboxylic acids is 1. The number of esters is 1. The maximum Gasteiger partial charge on any atom is 0.308 e. The Kier molecular flexibility index (Phi) is 6.31. The fourth-order valence-electron chi connectivity index (χ4n) is 3.12. The van der Waals surface area contributed by atoms with E-state index in [1.807, 2.05) is 6.07 Å². The van der Waals surface area contributed by atoms with E-state index in [1.54, 1.807) is 7.11 Å². The largest absolute Gasteiger partial charge is 0.493 e. The molecule has 3 atom stereocenters. The highest BCUT2D eigenvalue weighted by Crippen LogP contribution is 2.47. The second-order valence-corrected chi connectivity index (χ2v) is 6.23. The molecule has 128 valence electrons. The van der Waals surface area contributed by atoms with Crippen LogP contribution >= 0.6 is 0 Å². The summed E-state index contributed by atoms with van der Waals surface area (Å²) in [6.45, 7) is 4.96. The van der Waals surface area contributed by atoms with Gasteiger partial charge in [0.25, 0.3) is 0 Å². The number of ether oxygens (including phenoxy) is 3. The van der Waals surface area contributed by atoms with Crippen LogP contribution in [0.2, 0.25) is 0 Å². The minimum absolute atomic E-state index is 0.0641. The van der Waals surface area contributed by atoms with Crippen molar-refractivity contribution in [3.05, 3.63) is 23.8 Å². The first-order chi connectivity index (χ1) is 11.1. The van der Waals surface area contributed by atoms with E-state index in [4.69, 9.17) is 14.2 Å². The fourth-order valence-corrected chi connectivity index (χ4v) is 3.12. The number of benzene rings is 1. The molecule has 0 amide bonds. The van der Waals surface area contributed by atoms with Crippen LogP contribution in [0.5, 0.6) is 11.5 Å². The number of carbonyl (C=O) groups is 1. The molecule has 0 aliphatic heterocycles. The highest BCUT2D eigenvalue weighted by Gasteiger charge is 2.44. The summed E-state index contributed by atoms with van der Waals surface area (Å²) in [6.07, 6.45) is 3.99. The summed E-state index contributed by atoms with van der Waals surface area (Å²) in [5.74, 6) is 2.51. The zero-order valence-corrected chi connectivity index (χ0v) is 14.6. The zero-order chi connectivity index (χ0) is 16.8. The predicted octanol–water partition coefficient (Wildman–Crippen LogP) is 4.18. The third-order valence-electron chi connectivity index (χ3n) is 4.63. The molecule has 2 rings (SSSR count). The molecule has 1 saturated carbocycles. The molecule has 1 fully saturated rings. The molecule has 1 aliphatic rings. The molecule has 0 radical (unpaired) electrons. The molecular weight excluding hydrogens is 292 g/mol. The van der Waals surface area contributed by atoms with Crippen molar-refractivity contribution < 1.29 is 19.0 Å². The van der Waals surface area contributed by atoms with Gasteiger partial charge < -0.3 is 14.2 Å². The Morgan fingerprint density at radius 3 is 2.65 bits per heavy atom. The highest BCUT2D eigenvalue weighted by molar-refractivity contribution is 5.75. The van der Waals surface area contributed by atoms with Crippen molar-refractivity contribution in [1.82, 2.24) is 0 Å². The molecule has 0 aromatic heterocycles. The van der Waals surface area contributed by atoms with Crippen molar-refractivity contribution in [3.8, 4) is 11.5 Å². The lowest BCUT2D eigenvalue weighted by Crippen LogP contribution is -2.07. The average Bonchev–Trinajstić information content (AvgIpc) is 3.36. The number of rotatable bonds is 9. The molecule has 23 heavy (non-hydrogen) atoms. The van der Waals surface area contributed by atoms with Crippen molar-refractivity contribution in [2.24, 2.45) is 11.8 Å². The molecule has 1 aliphatic carbocycles. The third-order valence-corrected chi connectivity index (χ3v) is 4.63. The number of methoxy groups -OCH3 is 2. The molecule has 4 nitrogen and oxygen atoms in total. The van der Waals surface area contributed by atoms with Gasteiger partial charge in [-0.2, -0.15) is 0 Å². The van der Waals surface area contributed by atoms with Gasteiger partial charge in [0.15, 0.2) is 11.5 Å². The standard InChI is InChI=1S/C19H28O4/c1-5-9-23-17-8-7-14(12-18(17)21-3)13(6-2)10-15-11-16(15)19(20)22-4/h7-8,12-13,15-16H,5-6,9-11H2,1-4H3. The molecule has 1 aromatic carbocycles. The van der Waals surface area contributed by atoms with E-state index in [9.17, 15) is 4.79 Å². The number of hydrogen-bond donors (Lipinski definition) is 0. The third kappa shape index (κ3) is 4.40. The smallest absolute Gasteiger partial charge is 0.308 e. The Morgan fingerprint density at radius 1 is 1.26 bits per heavy atom. The van der Waals surface area contributed by atoms with Crippen LogP contribution < -0.4 is 9.47 Å². The molecular formula is C19H28O4. The fraction of sp³-hybridized carbons (Fsp3) is 0.632. The van der Waals surface area contributed by atoms with Gasteiger partial charge in [0.1, 0.15) is 0 Å². The van der Waals surface area contributed by atoms with E-state index in [0.717, 1.165) is 37.2 Å². The monoisotopic (exact) mass is 320 g/mol. The summed E-state index contributed by atoms with van der Waals surface area (Å²) in [7, 11) is 3.14. The van der Waals surface area contributed by atoms with Gasteiger partial charge in [-0.3, -0.25) is 4.79 Å². The van der Waals surface area contributed by atoms with Gasteiger partial charge in [-0.1, -0.05) is 19.9 Å². The maximum atomic E-state index is 11.6. The van der Waals surface area contributed by atoms with Gasteiger partial charge in [0, 0.05) is 0 Å². The van der Waals surface area contributed by atoms with E-state index in [-0.39, 0.29) is 11.9 Å². The minimum atomic E-state index is -0.0641. The first kappa shape index (κ1) is 17.6. The van der Waals surface area contributed by atoms with Crippen molar-refractivity contribution in [3.63, 3.8) is 0 Å². The van der Waals surface area contributed by atoms with E-state index < -0.39 is 0 Å². The van der Waals surface area contributed by atoms with Crippen LogP contribution in [0, 0.1) is 11.8 Å². The zero-order valence-electron chi connectivity index (χ0n) is 14.6. The molecule has 0 N–H and O–H groups in total. The Hall–Kier alpha value is -1.71. The van der Waals surface area contributed by atoms with Crippen LogP contribution in [0.15, 0.2) is 18.2 Å². The molecule has 0 spiro atoms. The topological polar surface area (TPSA) is 44.8 Å². The molecule has 4 heteroatoms. The lowest BCUT2D eigenvalue weighted by atomic mass is 9.90. The van der Waals surface area contributed by atoms with Crippen molar-refractivity contribution in [2.75, 3.05) is 20.8 Å². The SMILES string of the molecule is CCCOc1ccc(C(CC)CC2CC2C(=O)OC)cc1OC. The minimum Gasteiger partial charge on any atom is -0.493 e. The first-order valence-corrected chi connectivity index (χ1v) is 8.53. The van der Waals surface area contributed by atoms with Crippen molar-refractivity contribution in [2.45, 2.75) is 45.4 Å². The van der Waals surface area contributed by atoms with E-state index in [0.29, 0.717) is 18.4 Å². The first-order valence-electron chi connectivity index (χ1n) is 8.53. The van der Waals surface area contributed by atoms with Crippen LogP contribution in [-0.2, 0) is 9.53 Å². The van der Waals surface area contributed by atoms with Crippen molar-refractivity contribution in [1.29, 1.82) is 0 Å². The second kappa shape index (κ2) is 8.23. The lowest BCUT2D eigenvalue weighted by Gasteiger charge is -2.18. The summed E-state index contributed by atoms with van der Waals surface area (Å²) in [5, 5.41) is 0. The van der Waals surface area contributed by atoms with Crippen LogP contribution in [0.3, 0.4) is 0 Å². The van der Waals surface area contributed by atoms with Gasteiger partial charge in [-0.05, 0) is 55.2 Å². The van der Waals surface area contributed by atoms with Gasteiger partial charge in [-0.15, -0.1) is 0 Å². The van der Waals surface area contributed by atoms with Crippen molar-refractivity contribution >= 4 is 5.97 Å². The van der Waals surface area contributed by atoms with Crippen LogP contribution in [0.25, 0.3) is 0 Å². The quantitative estimate of drug-likeness (QED) is 0.640. The summed E-state index contributed by atoms with van der Waals surface area (Å²) in [5.41, 5.74) is 1.25. The molecule has 0 heterocycles. The van der Waals surface area contributed by atoms with Crippen LogP contribution in [0.1, 0.15) is 51.0 Å². The molecule has 3 unspecified atom stereocenters. The summed E-state index contributed by atoms with van der Waals surface area (Å²) >= 11 is 0. The average molecular weight is 320 g/mol. The molecule has 1 aromatic rings. The van der Waals surface area contributed by atoms with E-state index >= 15 is 0 Å². The molecule has 0 saturated heterocycles. The van der Waals surface area contributed by atoms with Crippen LogP contribution in [0.4, 0.5) is 0 Å². The van der Waals surface area contributed by atoms with Gasteiger partial charge in [0.2, 0.25) is 0 Å². The Labute approximate surface area is 139 Å². The predicted molar refractivity (Wildman–Crippen MR) is 90.0 cm³/mol. The second-order valence-electron chi connectivity index (χ2n) is 6.23. The summed E-state index contributed by atoms with van der Waals surface area (Å²) < 4.78 is 16.0. The van der Waals surface area contributed by atoms with E-state index in [1.165, 1.54) is 12.7 Å². The highest BCUT2D eigenvalue weighted by atomic mass is 16.5. The Bertz CT molecular complexity index is 526. The lowest BCUT2D eigenvalue weighted by molar-refractivity contribution is -0.142. The van der Waals surface area contributed by atoms with Gasteiger partial charge in [0.05, 0.1) is 26.7 Å². The summed E-state index contributed by atoms with van der Waals surface area (Å²) in [4.78, 5) is 11.6. The Balaban J connectivity index is 2.05. The number of hydrogen-bond acceptors (Lipinski definition) is 4. The maximum absolute atomic E-state index is 11.6. The Morgan fingerprint density at radius 2 is 2.04 bits per heavy atom. The summed E-state index contributed by atoms with van der Waals surface area (Å²) in [6, 6.07) is 6.20. The molecule has 0 bridgehead atoms. The van der Waals surface area contributed by atoms with E-state index in [2.05, 4.69) is 26.0 Å². The van der Waals surface area contributed by atoms with Gasteiger partial charge >= 0.3 is 5.97 Å². The van der Waals surface area contributed by atoms with Gasteiger partial charge in [-0.25, -0.2) is 0 Å². The van der Waals surface area contributed by atoms with Crippen LogP contribution in [-0.4, -0.2) is 26.8 Å².